The Kier molecular flexibility index (Phi) is 4.74. The first-order chi connectivity index (χ1) is 13.4. The maximum absolute atomic E-state index is 12.9. The first-order valence-electron chi connectivity index (χ1n) is 9.42. The number of benzene rings is 1. The van der Waals surface area contributed by atoms with Gasteiger partial charge in [0, 0.05) is 12.3 Å². The maximum atomic E-state index is 12.9. The Hall–Kier alpha value is -2.61. The molecule has 1 saturated carbocycles. The van der Waals surface area contributed by atoms with Crippen LogP contribution in [0.15, 0.2) is 30.3 Å². The van der Waals surface area contributed by atoms with Gasteiger partial charge in [-0.3, -0.25) is 9.69 Å². The van der Waals surface area contributed by atoms with Crippen molar-refractivity contribution in [3.63, 3.8) is 0 Å². The van der Waals surface area contributed by atoms with Gasteiger partial charge in [0.25, 0.3) is 0 Å². The molecule has 5 atom stereocenters. The average Bonchev–Trinajstić information content (AvgIpc) is 3.23. The standard InChI is InChI=1S/C20H23NO7/c1-26-18(23)14-10-20(25)13-9-17(22)28-15(13)7-8-16(20)21(14)19(24)27-11-12-5-3-2-4-6-12/h2-6,13-16,25H,7-11H2,1H3/t13-,14+,15-,16-,20-/m1/s1. The third kappa shape index (κ3) is 3.01. The zero-order valence-electron chi connectivity index (χ0n) is 15.6. The molecule has 2 saturated heterocycles. The number of nitrogens with zero attached hydrogens (tertiary/aromatic N) is 1. The summed E-state index contributed by atoms with van der Waals surface area (Å²) in [6.07, 6.45) is -0.0316. The SMILES string of the molecule is COC(=O)[C@@H]1C[C@@]2(O)[C@@H]3CC(=O)O[C@@H]3CC[C@H]2N1C(=O)OCc1ccccc1. The van der Waals surface area contributed by atoms with Gasteiger partial charge in [0.2, 0.25) is 0 Å². The topological polar surface area (TPSA) is 102 Å². The second kappa shape index (κ2) is 7.09. The van der Waals surface area contributed by atoms with Crippen LogP contribution < -0.4 is 0 Å². The molecule has 8 heteroatoms. The van der Waals surface area contributed by atoms with Gasteiger partial charge < -0.3 is 19.3 Å². The summed E-state index contributed by atoms with van der Waals surface area (Å²) < 4.78 is 15.6. The van der Waals surface area contributed by atoms with Crippen LogP contribution in [0.1, 0.15) is 31.2 Å². The predicted molar refractivity (Wildman–Crippen MR) is 94.8 cm³/mol. The number of aliphatic hydroxyl groups is 1. The van der Waals surface area contributed by atoms with E-state index in [9.17, 15) is 19.5 Å². The van der Waals surface area contributed by atoms with E-state index < -0.39 is 35.7 Å². The Bertz CT molecular complexity index is 782. The first kappa shape index (κ1) is 18.7. The highest BCUT2D eigenvalue weighted by Crippen LogP contribution is 2.51. The molecule has 3 aliphatic rings. The molecule has 28 heavy (non-hydrogen) atoms. The lowest BCUT2D eigenvalue weighted by Crippen LogP contribution is -2.57. The molecule has 0 spiro atoms. The first-order valence-corrected chi connectivity index (χ1v) is 9.42. The zero-order valence-corrected chi connectivity index (χ0v) is 15.6. The second-order valence-electron chi connectivity index (χ2n) is 7.61. The summed E-state index contributed by atoms with van der Waals surface area (Å²) in [5.41, 5.74) is -0.571. The van der Waals surface area contributed by atoms with Crippen LogP contribution in [-0.4, -0.2) is 58.9 Å². The van der Waals surface area contributed by atoms with Crippen LogP contribution in [0.4, 0.5) is 4.79 Å². The maximum Gasteiger partial charge on any atom is 0.411 e. The summed E-state index contributed by atoms with van der Waals surface area (Å²) in [4.78, 5) is 38.3. The number of hydrogen-bond acceptors (Lipinski definition) is 7. The molecule has 1 aliphatic carbocycles. The van der Waals surface area contributed by atoms with Crippen LogP contribution in [0.5, 0.6) is 0 Å². The Morgan fingerprint density at radius 2 is 2.04 bits per heavy atom. The minimum Gasteiger partial charge on any atom is -0.467 e. The lowest BCUT2D eigenvalue weighted by molar-refractivity contribution is -0.146. The average molecular weight is 389 g/mol. The van der Waals surface area contributed by atoms with Crippen molar-refractivity contribution in [1.82, 2.24) is 4.90 Å². The summed E-state index contributed by atoms with van der Waals surface area (Å²) >= 11 is 0. The van der Waals surface area contributed by atoms with Gasteiger partial charge in [0.1, 0.15) is 18.8 Å². The summed E-state index contributed by atoms with van der Waals surface area (Å²) in [5.74, 6) is -1.41. The minimum absolute atomic E-state index is 0.00256. The van der Waals surface area contributed by atoms with E-state index in [1.165, 1.54) is 12.0 Å². The van der Waals surface area contributed by atoms with Gasteiger partial charge in [0.15, 0.2) is 0 Å². The molecule has 1 aromatic carbocycles. The van der Waals surface area contributed by atoms with E-state index in [1.807, 2.05) is 30.3 Å². The molecule has 2 aliphatic heterocycles. The molecular weight excluding hydrogens is 366 g/mol. The lowest BCUT2D eigenvalue weighted by atomic mass is 9.70. The van der Waals surface area contributed by atoms with Crippen molar-refractivity contribution in [2.24, 2.45) is 5.92 Å². The quantitative estimate of drug-likeness (QED) is 0.616. The second-order valence-corrected chi connectivity index (χ2v) is 7.61. The molecule has 4 rings (SSSR count). The number of carbonyl (C=O) groups excluding carboxylic acids is 3. The molecule has 2 heterocycles. The van der Waals surface area contributed by atoms with Gasteiger partial charge in [-0.2, -0.15) is 0 Å². The highest BCUT2D eigenvalue weighted by atomic mass is 16.6. The highest BCUT2D eigenvalue weighted by molar-refractivity contribution is 5.83. The van der Waals surface area contributed by atoms with Crippen molar-refractivity contribution in [1.29, 1.82) is 0 Å². The monoisotopic (exact) mass is 389 g/mol. The third-order valence-electron chi connectivity index (χ3n) is 6.14. The van der Waals surface area contributed by atoms with Gasteiger partial charge >= 0.3 is 18.0 Å². The molecule has 0 aromatic heterocycles. The molecule has 0 radical (unpaired) electrons. The predicted octanol–water partition coefficient (Wildman–Crippen LogP) is 1.40. The van der Waals surface area contributed by atoms with Crippen molar-refractivity contribution in [3.05, 3.63) is 35.9 Å². The minimum atomic E-state index is -1.39. The van der Waals surface area contributed by atoms with E-state index in [0.29, 0.717) is 12.8 Å². The van der Waals surface area contributed by atoms with Crippen LogP contribution >= 0.6 is 0 Å². The highest BCUT2D eigenvalue weighted by Gasteiger charge is 2.65. The van der Waals surface area contributed by atoms with Gasteiger partial charge in [-0.25, -0.2) is 9.59 Å². The van der Waals surface area contributed by atoms with Crippen LogP contribution in [0.2, 0.25) is 0 Å². The summed E-state index contributed by atoms with van der Waals surface area (Å²) in [6.45, 7) is 0.0584. The number of esters is 2. The van der Waals surface area contributed by atoms with Gasteiger partial charge in [-0.15, -0.1) is 0 Å². The van der Waals surface area contributed by atoms with Crippen LogP contribution in [-0.2, 0) is 30.4 Å². The van der Waals surface area contributed by atoms with E-state index in [1.54, 1.807) is 0 Å². The van der Waals surface area contributed by atoms with Crippen LogP contribution in [0, 0.1) is 5.92 Å². The number of fused-ring (bicyclic) bond motifs is 3. The van der Waals surface area contributed by atoms with Crippen LogP contribution in [0.25, 0.3) is 0 Å². The van der Waals surface area contributed by atoms with E-state index >= 15 is 0 Å². The number of carbonyl (C=O) groups is 3. The number of amides is 1. The fourth-order valence-electron chi connectivity index (χ4n) is 4.86. The molecule has 3 fully saturated rings. The van der Waals surface area contributed by atoms with E-state index in [0.717, 1.165) is 5.56 Å². The normalized spacial score (nSPS) is 33.6. The van der Waals surface area contributed by atoms with Crippen molar-refractivity contribution < 1.29 is 33.7 Å². The third-order valence-corrected chi connectivity index (χ3v) is 6.14. The number of ether oxygens (including phenoxy) is 3. The molecule has 150 valence electrons. The molecule has 0 bridgehead atoms. The van der Waals surface area contributed by atoms with Crippen LogP contribution in [0.3, 0.4) is 0 Å². The van der Waals surface area contributed by atoms with Gasteiger partial charge in [-0.1, -0.05) is 30.3 Å². The fraction of sp³-hybridized carbons (Fsp3) is 0.550. The molecule has 1 amide bonds. The molecule has 8 nitrogen and oxygen atoms in total. The summed E-state index contributed by atoms with van der Waals surface area (Å²) in [5, 5.41) is 11.4. The van der Waals surface area contributed by atoms with Gasteiger partial charge in [-0.05, 0) is 18.4 Å². The Balaban J connectivity index is 1.58. The van der Waals surface area contributed by atoms with E-state index in [4.69, 9.17) is 14.2 Å². The van der Waals surface area contributed by atoms with Gasteiger partial charge in [0.05, 0.1) is 25.2 Å². The molecule has 1 aromatic rings. The number of hydrogen-bond donors (Lipinski definition) is 1. The van der Waals surface area contributed by atoms with Crippen molar-refractivity contribution in [2.75, 3.05) is 7.11 Å². The number of rotatable bonds is 3. The van der Waals surface area contributed by atoms with E-state index in [-0.39, 0.29) is 31.5 Å². The van der Waals surface area contributed by atoms with Crippen molar-refractivity contribution >= 4 is 18.0 Å². The molecular formula is C20H23NO7. The smallest absolute Gasteiger partial charge is 0.411 e. The molecule has 0 unspecified atom stereocenters. The Morgan fingerprint density at radius 1 is 1.29 bits per heavy atom. The number of likely N-dealkylation sites (tertiary alicyclic amines) is 1. The largest absolute Gasteiger partial charge is 0.467 e. The lowest BCUT2D eigenvalue weighted by Gasteiger charge is -2.43. The summed E-state index contributed by atoms with van der Waals surface area (Å²) in [7, 11) is 1.24. The van der Waals surface area contributed by atoms with E-state index in [2.05, 4.69) is 0 Å². The Morgan fingerprint density at radius 3 is 2.75 bits per heavy atom. The fourth-order valence-corrected chi connectivity index (χ4v) is 4.86. The van der Waals surface area contributed by atoms with Crippen molar-refractivity contribution in [2.45, 2.75) is 56.1 Å². The van der Waals surface area contributed by atoms with Crippen molar-refractivity contribution in [3.8, 4) is 0 Å². The summed E-state index contributed by atoms with van der Waals surface area (Å²) in [6, 6.07) is 7.62. The zero-order chi connectivity index (χ0) is 19.9. The Labute approximate surface area is 162 Å². The molecule has 1 N–H and O–H groups in total. The number of methoxy groups -OCH3 is 1.